The molecule has 0 aliphatic carbocycles. The van der Waals surface area contributed by atoms with Crippen LogP contribution in [0, 0.1) is 0 Å². The van der Waals surface area contributed by atoms with Crippen molar-refractivity contribution in [3.8, 4) is 0 Å². The molecule has 3 nitrogen and oxygen atoms in total. The van der Waals surface area contributed by atoms with Gasteiger partial charge in [0, 0.05) is 19.6 Å². The van der Waals surface area contributed by atoms with E-state index in [0.717, 1.165) is 25.9 Å². The molecule has 0 spiro atoms. The molecule has 1 aromatic carbocycles. The molecule has 1 saturated heterocycles. The summed E-state index contributed by atoms with van der Waals surface area (Å²) in [6.07, 6.45) is 4.61. The molecule has 0 amide bonds. The monoisotopic (exact) mass is 245 g/mol. The van der Waals surface area contributed by atoms with Crippen LogP contribution in [0.4, 0.5) is 0 Å². The first-order valence-electron chi connectivity index (χ1n) is 6.43. The Bertz CT molecular complexity index is 415. The van der Waals surface area contributed by atoms with Crippen molar-refractivity contribution in [2.24, 2.45) is 0 Å². The van der Waals surface area contributed by atoms with Crippen molar-refractivity contribution in [2.45, 2.75) is 19.3 Å². The summed E-state index contributed by atoms with van der Waals surface area (Å²) in [6, 6.07) is 10.4. The molecule has 1 aliphatic heterocycles. The summed E-state index contributed by atoms with van der Waals surface area (Å²) in [7, 11) is 0. The van der Waals surface area contributed by atoms with E-state index in [1.165, 1.54) is 11.1 Å². The molecule has 0 aromatic heterocycles. The summed E-state index contributed by atoms with van der Waals surface area (Å²) in [4.78, 5) is 12.7. The number of carboxylic acid groups (broad SMARTS) is 1. The van der Waals surface area contributed by atoms with E-state index in [9.17, 15) is 4.79 Å². The lowest BCUT2D eigenvalue weighted by Crippen LogP contribution is -2.32. The van der Waals surface area contributed by atoms with E-state index in [2.05, 4.69) is 23.1 Å². The number of hydrogen-bond donors (Lipinski definition) is 1. The van der Waals surface area contributed by atoms with Crippen LogP contribution < -0.4 is 0 Å². The Hall–Kier alpha value is -1.61. The lowest BCUT2D eigenvalue weighted by Gasteiger charge is -2.27. The highest BCUT2D eigenvalue weighted by Crippen LogP contribution is 2.19. The van der Waals surface area contributed by atoms with Gasteiger partial charge in [-0.2, -0.15) is 0 Å². The van der Waals surface area contributed by atoms with Crippen molar-refractivity contribution in [3.63, 3.8) is 0 Å². The quantitative estimate of drug-likeness (QED) is 0.886. The zero-order valence-electron chi connectivity index (χ0n) is 10.5. The third kappa shape index (κ3) is 4.00. The van der Waals surface area contributed by atoms with Crippen LogP contribution in [0.5, 0.6) is 0 Å². The largest absolute Gasteiger partial charge is 0.481 e. The van der Waals surface area contributed by atoms with Gasteiger partial charge in [-0.1, -0.05) is 42.0 Å². The highest BCUT2D eigenvalue weighted by molar-refractivity contribution is 5.66. The predicted molar refractivity (Wildman–Crippen MR) is 72.3 cm³/mol. The Morgan fingerprint density at radius 3 is 2.50 bits per heavy atom. The third-order valence-electron chi connectivity index (χ3n) is 3.31. The van der Waals surface area contributed by atoms with Crippen LogP contribution in [0.2, 0.25) is 0 Å². The Balaban J connectivity index is 1.83. The zero-order chi connectivity index (χ0) is 12.8. The minimum absolute atomic E-state index is 0.248. The molecule has 0 atom stereocenters. The lowest BCUT2D eigenvalue weighted by atomic mass is 10.0. The van der Waals surface area contributed by atoms with Crippen molar-refractivity contribution in [2.75, 3.05) is 19.6 Å². The number of benzene rings is 1. The Kier molecular flexibility index (Phi) is 4.53. The van der Waals surface area contributed by atoms with Gasteiger partial charge in [-0.25, -0.2) is 0 Å². The van der Waals surface area contributed by atoms with Gasteiger partial charge in [0.2, 0.25) is 0 Å². The minimum Gasteiger partial charge on any atom is -0.481 e. The molecule has 0 radical (unpaired) electrons. The molecule has 2 rings (SSSR count). The Morgan fingerprint density at radius 2 is 1.89 bits per heavy atom. The first-order chi connectivity index (χ1) is 8.74. The summed E-state index contributed by atoms with van der Waals surface area (Å²) in [5.74, 6) is -0.708. The number of aliphatic carboxylic acids is 1. The Labute approximate surface area is 108 Å². The fraction of sp³-hybridized carbons (Fsp3) is 0.400. The van der Waals surface area contributed by atoms with Crippen LogP contribution in [0.15, 0.2) is 35.9 Å². The van der Waals surface area contributed by atoms with Gasteiger partial charge < -0.3 is 10.0 Å². The topological polar surface area (TPSA) is 40.5 Å². The van der Waals surface area contributed by atoms with E-state index in [-0.39, 0.29) is 6.42 Å². The number of rotatable bonds is 4. The second-order valence-electron chi connectivity index (χ2n) is 4.70. The number of piperidine rings is 1. The molecule has 1 aliphatic rings. The predicted octanol–water partition coefficient (Wildman–Crippen LogP) is 2.64. The fourth-order valence-corrected chi connectivity index (χ4v) is 2.25. The van der Waals surface area contributed by atoms with E-state index in [0.29, 0.717) is 6.54 Å². The van der Waals surface area contributed by atoms with Crippen LogP contribution in [-0.2, 0) is 4.79 Å². The van der Waals surface area contributed by atoms with Gasteiger partial charge in [0.1, 0.15) is 0 Å². The van der Waals surface area contributed by atoms with E-state index < -0.39 is 5.97 Å². The molecule has 1 fully saturated rings. The van der Waals surface area contributed by atoms with Crippen LogP contribution in [-0.4, -0.2) is 35.6 Å². The second kappa shape index (κ2) is 6.36. The van der Waals surface area contributed by atoms with Gasteiger partial charge in [0.15, 0.2) is 0 Å². The molecule has 1 N–H and O–H groups in total. The van der Waals surface area contributed by atoms with Gasteiger partial charge >= 0.3 is 5.97 Å². The number of likely N-dealkylation sites (tertiary alicyclic amines) is 1. The van der Waals surface area contributed by atoms with E-state index in [1.807, 2.05) is 18.2 Å². The number of carboxylic acids is 1. The van der Waals surface area contributed by atoms with Crippen molar-refractivity contribution < 1.29 is 9.90 Å². The molecule has 18 heavy (non-hydrogen) atoms. The summed E-state index contributed by atoms with van der Waals surface area (Å²) < 4.78 is 0. The molecule has 0 unspecified atom stereocenters. The summed E-state index contributed by atoms with van der Waals surface area (Å²) in [5.41, 5.74) is 2.72. The van der Waals surface area contributed by atoms with Crippen molar-refractivity contribution >= 4 is 12.0 Å². The average Bonchev–Trinajstić information content (AvgIpc) is 2.39. The van der Waals surface area contributed by atoms with Crippen molar-refractivity contribution in [3.05, 3.63) is 41.5 Å². The highest BCUT2D eigenvalue weighted by Gasteiger charge is 2.14. The smallest absolute Gasteiger partial charge is 0.304 e. The molecular formula is C15H19NO2. The zero-order valence-corrected chi connectivity index (χ0v) is 10.5. The maximum absolute atomic E-state index is 10.5. The SMILES string of the molecule is O=C(O)CCN1CCC(=Cc2ccccc2)CC1. The Morgan fingerprint density at radius 1 is 1.22 bits per heavy atom. The van der Waals surface area contributed by atoms with Gasteiger partial charge in [-0.3, -0.25) is 4.79 Å². The minimum atomic E-state index is -0.708. The van der Waals surface area contributed by atoms with Gasteiger partial charge in [-0.15, -0.1) is 0 Å². The molecule has 0 bridgehead atoms. The van der Waals surface area contributed by atoms with E-state index in [4.69, 9.17) is 5.11 Å². The standard InChI is InChI=1S/C15H19NO2/c17-15(18)8-11-16-9-6-14(7-10-16)12-13-4-2-1-3-5-13/h1-5,12H,6-11H2,(H,17,18). The maximum atomic E-state index is 10.5. The molecule has 0 saturated carbocycles. The second-order valence-corrected chi connectivity index (χ2v) is 4.70. The van der Waals surface area contributed by atoms with Crippen LogP contribution in [0.3, 0.4) is 0 Å². The van der Waals surface area contributed by atoms with Crippen LogP contribution >= 0.6 is 0 Å². The summed E-state index contributed by atoms with van der Waals surface area (Å²) in [5, 5.41) is 8.65. The van der Waals surface area contributed by atoms with Gasteiger partial charge in [-0.05, 0) is 18.4 Å². The first kappa shape index (κ1) is 12.8. The van der Waals surface area contributed by atoms with Crippen molar-refractivity contribution in [1.29, 1.82) is 0 Å². The van der Waals surface area contributed by atoms with Gasteiger partial charge in [0.05, 0.1) is 6.42 Å². The molecule has 3 heteroatoms. The lowest BCUT2D eigenvalue weighted by molar-refractivity contribution is -0.137. The summed E-state index contributed by atoms with van der Waals surface area (Å²) in [6.45, 7) is 2.63. The molecule has 1 heterocycles. The molecule has 1 aromatic rings. The fourth-order valence-electron chi connectivity index (χ4n) is 2.25. The molecular weight excluding hydrogens is 226 g/mol. The van der Waals surface area contributed by atoms with E-state index in [1.54, 1.807) is 0 Å². The summed E-state index contributed by atoms with van der Waals surface area (Å²) >= 11 is 0. The van der Waals surface area contributed by atoms with Crippen LogP contribution in [0.1, 0.15) is 24.8 Å². The van der Waals surface area contributed by atoms with E-state index >= 15 is 0 Å². The van der Waals surface area contributed by atoms with Gasteiger partial charge in [0.25, 0.3) is 0 Å². The normalized spacial score (nSPS) is 16.6. The maximum Gasteiger partial charge on any atom is 0.304 e. The van der Waals surface area contributed by atoms with Crippen molar-refractivity contribution in [1.82, 2.24) is 4.90 Å². The third-order valence-corrected chi connectivity index (χ3v) is 3.31. The number of nitrogens with zero attached hydrogens (tertiary/aromatic N) is 1. The highest BCUT2D eigenvalue weighted by atomic mass is 16.4. The van der Waals surface area contributed by atoms with Crippen LogP contribution in [0.25, 0.3) is 6.08 Å². The number of carbonyl (C=O) groups is 1. The first-order valence-corrected chi connectivity index (χ1v) is 6.43. The average molecular weight is 245 g/mol. The molecule has 96 valence electrons. The number of hydrogen-bond acceptors (Lipinski definition) is 2.